The van der Waals surface area contributed by atoms with Gasteiger partial charge in [-0.25, -0.2) is 4.98 Å². The van der Waals surface area contributed by atoms with Crippen LogP contribution >= 0.6 is 11.3 Å². The van der Waals surface area contributed by atoms with Gasteiger partial charge in [-0.2, -0.15) is 0 Å². The summed E-state index contributed by atoms with van der Waals surface area (Å²) in [4.78, 5) is 9.04. The lowest BCUT2D eigenvalue weighted by molar-refractivity contribution is 0.234. The average Bonchev–Trinajstić information content (AvgIpc) is 2.75. The molecule has 1 heterocycles. The number of thiazole rings is 1. The molecule has 0 saturated heterocycles. The van der Waals surface area contributed by atoms with E-state index in [4.69, 9.17) is 5.73 Å². The van der Waals surface area contributed by atoms with Crippen LogP contribution in [-0.4, -0.2) is 48.5 Å². The van der Waals surface area contributed by atoms with Gasteiger partial charge in [0, 0.05) is 19.6 Å². The number of rotatable bonds is 7. The van der Waals surface area contributed by atoms with Crippen molar-refractivity contribution in [1.82, 2.24) is 14.8 Å². The predicted molar refractivity (Wildman–Crippen MR) is 88.2 cm³/mol. The Morgan fingerprint density at radius 3 is 2.70 bits per heavy atom. The molecule has 0 aliphatic rings. The van der Waals surface area contributed by atoms with Crippen molar-refractivity contribution >= 4 is 26.7 Å². The first-order chi connectivity index (χ1) is 9.58. The molecular weight excluding hydrogens is 268 g/mol. The van der Waals surface area contributed by atoms with E-state index in [9.17, 15) is 0 Å². The lowest BCUT2D eigenvalue weighted by Crippen LogP contribution is -2.31. The van der Waals surface area contributed by atoms with Gasteiger partial charge in [-0.1, -0.05) is 24.3 Å². The zero-order valence-corrected chi connectivity index (χ0v) is 13.4. The van der Waals surface area contributed by atoms with E-state index in [1.807, 2.05) is 0 Å². The molecule has 0 fully saturated rings. The summed E-state index contributed by atoms with van der Waals surface area (Å²) in [5, 5.41) is 0.648. The first-order valence-corrected chi connectivity index (χ1v) is 7.92. The van der Waals surface area contributed by atoms with Gasteiger partial charge in [0.25, 0.3) is 0 Å². The minimum absolute atomic E-state index is 0.648. The van der Waals surface area contributed by atoms with Crippen LogP contribution in [0.15, 0.2) is 18.2 Å². The largest absolute Gasteiger partial charge is 0.375 e. The van der Waals surface area contributed by atoms with E-state index in [-0.39, 0.29) is 0 Å². The molecule has 5 heteroatoms. The first kappa shape index (κ1) is 15.2. The number of benzene rings is 1. The fraction of sp³-hybridized carbons (Fsp3) is 0.533. The minimum atomic E-state index is 0.648. The molecule has 1 aromatic heterocycles. The van der Waals surface area contributed by atoms with Gasteiger partial charge in [0.05, 0.1) is 10.2 Å². The number of fused-ring (bicyclic) bond motifs is 1. The summed E-state index contributed by atoms with van der Waals surface area (Å²) in [6, 6.07) is 6.47. The summed E-state index contributed by atoms with van der Waals surface area (Å²) < 4.78 is 1.18. The third kappa shape index (κ3) is 4.16. The molecule has 4 nitrogen and oxygen atoms in total. The standard InChI is InChI=1S/C15H24N4S/c1-4-7-19(9-8-18(2)3)11-12-5-6-13-14(10-12)20-15(16)17-13/h5-6,10H,4,7-9,11H2,1-3H3,(H2,16,17). The van der Waals surface area contributed by atoms with E-state index in [1.54, 1.807) is 11.3 Å². The number of hydrogen-bond donors (Lipinski definition) is 1. The molecule has 2 aromatic rings. The third-order valence-corrected chi connectivity index (χ3v) is 4.13. The predicted octanol–water partition coefficient (Wildman–Crippen LogP) is 2.65. The quantitative estimate of drug-likeness (QED) is 0.852. The third-order valence-electron chi connectivity index (χ3n) is 3.28. The molecule has 0 saturated carbocycles. The highest BCUT2D eigenvalue weighted by molar-refractivity contribution is 7.22. The van der Waals surface area contributed by atoms with Gasteiger partial charge in [0.2, 0.25) is 0 Å². The molecule has 0 bridgehead atoms. The summed E-state index contributed by atoms with van der Waals surface area (Å²) in [5.41, 5.74) is 8.11. The number of hydrogen-bond acceptors (Lipinski definition) is 5. The van der Waals surface area contributed by atoms with Crippen molar-refractivity contribution in [3.05, 3.63) is 23.8 Å². The van der Waals surface area contributed by atoms with E-state index in [2.05, 4.69) is 54.0 Å². The van der Waals surface area contributed by atoms with Crippen molar-refractivity contribution in [3.63, 3.8) is 0 Å². The molecular formula is C15H24N4S. The van der Waals surface area contributed by atoms with Crippen LogP contribution in [0.5, 0.6) is 0 Å². The van der Waals surface area contributed by atoms with Gasteiger partial charge in [0.1, 0.15) is 0 Å². The van der Waals surface area contributed by atoms with E-state index >= 15 is 0 Å². The molecule has 0 radical (unpaired) electrons. The van der Waals surface area contributed by atoms with E-state index < -0.39 is 0 Å². The van der Waals surface area contributed by atoms with Crippen molar-refractivity contribution in [2.75, 3.05) is 39.5 Å². The normalized spacial score (nSPS) is 11.8. The Kier molecular flexibility index (Phi) is 5.34. The zero-order chi connectivity index (χ0) is 14.5. The molecule has 0 unspecified atom stereocenters. The number of aromatic nitrogens is 1. The summed E-state index contributed by atoms with van der Waals surface area (Å²) in [7, 11) is 4.24. The van der Waals surface area contributed by atoms with Gasteiger partial charge in [-0.05, 0) is 44.8 Å². The van der Waals surface area contributed by atoms with Crippen molar-refractivity contribution in [2.24, 2.45) is 0 Å². The van der Waals surface area contributed by atoms with Crippen molar-refractivity contribution < 1.29 is 0 Å². The van der Waals surface area contributed by atoms with E-state index in [0.29, 0.717) is 5.13 Å². The first-order valence-electron chi connectivity index (χ1n) is 7.10. The Bertz CT molecular complexity index is 550. The summed E-state index contributed by atoms with van der Waals surface area (Å²) in [6.45, 7) is 6.56. The van der Waals surface area contributed by atoms with Gasteiger partial charge in [0.15, 0.2) is 5.13 Å². The monoisotopic (exact) mass is 292 g/mol. The van der Waals surface area contributed by atoms with Crippen molar-refractivity contribution in [2.45, 2.75) is 19.9 Å². The Morgan fingerprint density at radius 2 is 2.00 bits per heavy atom. The molecule has 0 aliphatic carbocycles. The highest BCUT2D eigenvalue weighted by Gasteiger charge is 2.08. The number of likely N-dealkylation sites (N-methyl/N-ethyl adjacent to an activating group) is 1. The fourth-order valence-electron chi connectivity index (χ4n) is 2.27. The summed E-state index contributed by atoms with van der Waals surface area (Å²) >= 11 is 1.56. The van der Waals surface area contributed by atoms with Gasteiger partial charge in [-0.15, -0.1) is 0 Å². The molecule has 110 valence electrons. The molecule has 1 aromatic carbocycles. The minimum Gasteiger partial charge on any atom is -0.375 e. The SMILES string of the molecule is CCCN(CCN(C)C)Cc1ccc2nc(N)sc2c1. The lowest BCUT2D eigenvalue weighted by atomic mass is 10.2. The molecule has 20 heavy (non-hydrogen) atoms. The maximum Gasteiger partial charge on any atom is 0.181 e. The fourth-order valence-corrected chi connectivity index (χ4v) is 3.07. The molecule has 0 amide bonds. The van der Waals surface area contributed by atoms with Crippen molar-refractivity contribution in [3.8, 4) is 0 Å². The maximum atomic E-state index is 5.76. The summed E-state index contributed by atoms with van der Waals surface area (Å²) in [5.74, 6) is 0. The van der Waals surface area contributed by atoms with Crippen molar-refractivity contribution in [1.29, 1.82) is 0 Å². The second-order valence-corrected chi connectivity index (χ2v) is 6.50. The molecule has 0 atom stereocenters. The topological polar surface area (TPSA) is 45.4 Å². The number of anilines is 1. The number of nitrogens with zero attached hydrogens (tertiary/aromatic N) is 3. The Balaban J connectivity index is 2.06. The second kappa shape index (κ2) is 7.02. The highest BCUT2D eigenvalue weighted by Crippen LogP contribution is 2.25. The Morgan fingerprint density at radius 1 is 1.20 bits per heavy atom. The maximum absolute atomic E-state index is 5.76. The molecule has 2 rings (SSSR count). The van der Waals surface area contributed by atoms with Crippen LogP contribution in [0.25, 0.3) is 10.2 Å². The zero-order valence-electron chi connectivity index (χ0n) is 12.6. The van der Waals surface area contributed by atoms with E-state index in [0.717, 1.165) is 31.7 Å². The van der Waals surface area contributed by atoms with Crippen LogP contribution in [0.2, 0.25) is 0 Å². The highest BCUT2D eigenvalue weighted by atomic mass is 32.1. The Labute approximate surface area is 125 Å². The lowest BCUT2D eigenvalue weighted by Gasteiger charge is -2.23. The molecule has 0 aliphatic heterocycles. The number of nitrogens with two attached hydrogens (primary N) is 1. The number of nitrogen functional groups attached to an aromatic ring is 1. The van der Waals surface area contributed by atoms with E-state index in [1.165, 1.54) is 16.7 Å². The smallest absolute Gasteiger partial charge is 0.181 e. The van der Waals surface area contributed by atoms with Crippen LogP contribution in [0, 0.1) is 0 Å². The van der Waals surface area contributed by atoms with Crippen LogP contribution in [0.1, 0.15) is 18.9 Å². The van der Waals surface area contributed by atoms with Crippen LogP contribution in [0.4, 0.5) is 5.13 Å². The summed E-state index contributed by atoms with van der Waals surface area (Å²) in [6.07, 6.45) is 1.18. The van der Waals surface area contributed by atoms with Gasteiger partial charge < -0.3 is 10.6 Å². The second-order valence-electron chi connectivity index (χ2n) is 5.43. The molecule has 0 spiro atoms. The average molecular weight is 292 g/mol. The van der Waals surface area contributed by atoms with Gasteiger partial charge in [-0.3, -0.25) is 4.90 Å². The van der Waals surface area contributed by atoms with Gasteiger partial charge >= 0.3 is 0 Å². The Hall–Kier alpha value is -1.17. The molecule has 2 N–H and O–H groups in total. The van der Waals surface area contributed by atoms with Crippen LogP contribution in [-0.2, 0) is 6.54 Å². The van der Waals surface area contributed by atoms with Crippen LogP contribution in [0.3, 0.4) is 0 Å². The van der Waals surface area contributed by atoms with Crippen LogP contribution < -0.4 is 5.73 Å².